The van der Waals surface area contributed by atoms with Crippen LogP contribution in [0.5, 0.6) is 0 Å². The van der Waals surface area contributed by atoms with Crippen molar-refractivity contribution in [2.75, 3.05) is 13.6 Å². The van der Waals surface area contributed by atoms with Gasteiger partial charge in [0.1, 0.15) is 12.0 Å². The van der Waals surface area contributed by atoms with Gasteiger partial charge in [0, 0.05) is 18.6 Å². The zero-order valence-corrected chi connectivity index (χ0v) is 13.9. The van der Waals surface area contributed by atoms with E-state index in [1.807, 2.05) is 6.92 Å². The summed E-state index contributed by atoms with van der Waals surface area (Å²) in [4.78, 5) is 32.3. The van der Waals surface area contributed by atoms with Crippen molar-refractivity contribution in [3.8, 4) is 0 Å². The predicted octanol–water partition coefficient (Wildman–Crippen LogP) is 2.32. The minimum Gasteiger partial charge on any atom is -0.390 e. The maximum atomic E-state index is 12.8. The Morgan fingerprint density at radius 3 is 2.74 bits per heavy atom. The van der Waals surface area contributed by atoms with Crippen LogP contribution in [-0.4, -0.2) is 41.2 Å². The maximum Gasteiger partial charge on any atom is 0.506 e. The molecule has 124 valence electrons. The lowest BCUT2D eigenvalue weighted by Gasteiger charge is -2.32. The number of aliphatic imine (C=N–C) groups is 1. The first kappa shape index (κ1) is 15.7. The van der Waals surface area contributed by atoms with Crippen LogP contribution in [0.4, 0.5) is 10.8 Å². The average molecular weight is 319 g/mol. The van der Waals surface area contributed by atoms with Gasteiger partial charge in [-0.15, -0.1) is 0 Å². The summed E-state index contributed by atoms with van der Waals surface area (Å²) in [5.74, 6) is 0.925. The summed E-state index contributed by atoms with van der Waals surface area (Å²) in [6, 6.07) is -0.510. The van der Waals surface area contributed by atoms with E-state index in [1.54, 1.807) is 17.8 Å². The van der Waals surface area contributed by atoms with E-state index in [4.69, 9.17) is 4.42 Å². The summed E-state index contributed by atoms with van der Waals surface area (Å²) in [6.45, 7) is 4.44. The van der Waals surface area contributed by atoms with Gasteiger partial charge in [0.15, 0.2) is 0 Å². The largest absolute Gasteiger partial charge is 0.506 e. The molecule has 2 aliphatic rings. The molecule has 1 atom stereocenters. The van der Waals surface area contributed by atoms with Crippen molar-refractivity contribution in [2.45, 2.75) is 52.0 Å². The van der Waals surface area contributed by atoms with E-state index in [9.17, 15) is 9.59 Å². The fourth-order valence-corrected chi connectivity index (χ4v) is 3.11. The smallest absolute Gasteiger partial charge is 0.390 e. The maximum absolute atomic E-state index is 12.8. The van der Waals surface area contributed by atoms with Crippen LogP contribution in [-0.2, 0) is 4.79 Å². The molecule has 23 heavy (non-hydrogen) atoms. The third kappa shape index (κ3) is 2.64. The number of hydrogen-bond acceptors (Lipinski definition) is 4. The summed E-state index contributed by atoms with van der Waals surface area (Å²) >= 11 is 0. The van der Waals surface area contributed by atoms with Crippen molar-refractivity contribution in [3.63, 3.8) is 0 Å². The number of carbonyl (C=O) groups excluding carboxylic acids is 2. The topological polar surface area (TPSA) is 70.0 Å². The molecule has 1 unspecified atom stereocenters. The van der Waals surface area contributed by atoms with Crippen molar-refractivity contribution in [3.05, 3.63) is 12.0 Å². The minimum atomic E-state index is -0.583. The number of aromatic nitrogens is 1. The van der Waals surface area contributed by atoms with Crippen LogP contribution in [0.25, 0.3) is 0 Å². The minimum absolute atomic E-state index is 0.216. The third-order valence-electron chi connectivity index (χ3n) is 4.37. The highest BCUT2D eigenvalue weighted by Crippen LogP contribution is 2.28. The quantitative estimate of drug-likeness (QED) is 0.597. The van der Waals surface area contributed by atoms with Crippen LogP contribution >= 0.6 is 0 Å². The molecule has 7 nitrogen and oxygen atoms in total. The zero-order chi connectivity index (χ0) is 16.6. The lowest BCUT2D eigenvalue weighted by Crippen LogP contribution is -2.62. The first-order valence-corrected chi connectivity index (χ1v) is 8.23. The predicted molar refractivity (Wildman–Crippen MR) is 83.4 cm³/mol. The van der Waals surface area contributed by atoms with E-state index < -0.39 is 6.04 Å². The molecule has 0 saturated carbocycles. The molecule has 1 fully saturated rings. The van der Waals surface area contributed by atoms with Gasteiger partial charge >= 0.3 is 12.0 Å². The molecule has 1 aromatic rings. The lowest BCUT2D eigenvalue weighted by atomic mass is 10.1. The molecule has 7 heteroatoms. The molecule has 0 radical (unpaired) electrons. The van der Waals surface area contributed by atoms with Gasteiger partial charge in [-0.2, -0.15) is 4.57 Å². The van der Waals surface area contributed by atoms with Crippen molar-refractivity contribution in [1.29, 1.82) is 0 Å². The highest BCUT2D eigenvalue weighted by molar-refractivity contribution is 6.18. The molecule has 3 rings (SSSR count). The first-order valence-electron chi connectivity index (χ1n) is 8.23. The fraction of sp³-hybridized carbons (Fsp3) is 0.625. The second-order valence-electron chi connectivity index (χ2n) is 6.15. The summed E-state index contributed by atoms with van der Waals surface area (Å²) in [7, 11) is 1.66. The monoisotopic (exact) mass is 319 g/mol. The van der Waals surface area contributed by atoms with Gasteiger partial charge < -0.3 is 4.42 Å². The molecule has 0 bridgehead atoms. The van der Waals surface area contributed by atoms with E-state index in [0.717, 1.165) is 19.3 Å². The molecule has 0 spiro atoms. The third-order valence-corrected chi connectivity index (χ3v) is 4.37. The number of unbranched alkanes of at least 4 members (excludes halogenated alkanes) is 4. The highest BCUT2D eigenvalue weighted by Gasteiger charge is 2.54. The van der Waals surface area contributed by atoms with Gasteiger partial charge in [-0.05, 0) is 13.3 Å². The van der Waals surface area contributed by atoms with Crippen molar-refractivity contribution >= 4 is 23.8 Å². The van der Waals surface area contributed by atoms with Crippen LogP contribution in [0.1, 0.15) is 50.8 Å². The van der Waals surface area contributed by atoms with Gasteiger partial charge in [-0.3, -0.25) is 14.6 Å². The van der Waals surface area contributed by atoms with E-state index in [1.165, 1.54) is 22.6 Å². The van der Waals surface area contributed by atoms with Crippen LogP contribution in [0.2, 0.25) is 0 Å². The van der Waals surface area contributed by atoms with E-state index in [0.29, 0.717) is 24.2 Å². The van der Waals surface area contributed by atoms with Gasteiger partial charge in [0.25, 0.3) is 17.8 Å². The molecule has 0 aliphatic carbocycles. The first-order chi connectivity index (χ1) is 11.0. The Balaban J connectivity index is 1.75. The van der Waals surface area contributed by atoms with E-state index >= 15 is 0 Å². The molecular weight excluding hydrogens is 296 g/mol. The average Bonchev–Trinajstić information content (AvgIpc) is 3.03. The van der Waals surface area contributed by atoms with Crippen LogP contribution in [0.3, 0.4) is 0 Å². The zero-order valence-electron chi connectivity index (χ0n) is 13.9. The van der Waals surface area contributed by atoms with E-state index in [2.05, 4.69) is 11.9 Å². The van der Waals surface area contributed by atoms with Crippen LogP contribution in [0.15, 0.2) is 15.6 Å². The van der Waals surface area contributed by atoms with Crippen molar-refractivity contribution in [1.82, 2.24) is 9.80 Å². The standard InChI is InChI=1S/C16H23N4O3/c1-4-5-6-7-8-9-19-14(21)12-13(18(3)16(19)22)17-15-20(12)10-11(2)23-15/h10,12H,4-9H2,1-3H3/q+1. The van der Waals surface area contributed by atoms with Crippen molar-refractivity contribution in [2.24, 2.45) is 4.99 Å². The summed E-state index contributed by atoms with van der Waals surface area (Å²) in [6.07, 6.45) is 7.13. The number of fused-ring (bicyclic) bond motifs is 3. The fourth-order valence-electron chi connectivity index (χ4n) is 3.11. The molecular formula is C16H23N4O3+. The number of urea groups is 1. The molecule has 1 aromatic heterocycles. The normalized spacial score (nSPS) is 20.0. The number of rotatable bonds is 6. The van der Waals surface area contributed by atoms with Gasteiger partial charge in [0.2, 0.25) is 0 Å². The number of aryl methyl sites for hydroxylation is 1. The number of imide groups is 1. The molecule has 0 N–H and O–H groups in total. The molecule has 3 heterocycles. The molecule has 1 saturated heterocycles. The van der Waals surface area contributed by atoms with Gasteiger partial charge in [-0.1, -0.05) is 32.6 Å². The Kier molecular flexibility index (Phi) is 4.19. The SMILES string of the molecule is CCCCCCCN1C(=O)C2C(=Nc3oc(C)c[n+]32)N(C)C1=O. The highest BCUT2D eigenvalue weighted by atomic mass is 16.4. The molecule has 3 amide bonds. The van der Waals surface area contributed by atoms with Crippen molar-refractivity contribution < 1.29 is 18.6 Å². The Morgan fingerprint density at radius 1 is 1.26 bits per heavy atom. The Labute approximate surface area is 135 Å². The lowest BCUT2D eigenvalue weighted by molar-refractivity contribution is -0.679. The number of likely N-dealkylation sites (N-methyl/N-ethyl adjacent to an activating group) is 1. The number of carbonyl (C=O) groups is 2. The Morgan fingerprint density at radius 2 is 2.00 bits per heavy atom. The van der Waals surface area contributed by atoms with Gasteiger partial charge in [-0.25, -0.2) is 4.79 Å². The number of oxazole rings is 1. The second-order valence-corrected chi connectivity index (χ2v) is 6.15. The number of amides is 3. The van der Waals surface area contributed by atoms with Crippen LogP contribution in [0, 0.1) is 6.92 Å². The molecule has 0 aromatic carbocycles. The second kappa shape index (κ2) is 6.14. The Bertz CT molecular complexity index is 664. The summed E-state index contributed by atoms with van der Waals surface area (Å²) in [5.41, 5.74) is 0. The van der Waals surface area contributed by atoms with Gasteiger partial charge in [0.05, 0.1) is 0 Å². The van der Waals surface area contributed by atoms with Crippen LogP contribution < -0.4 is 4.57 Å². The number of nitrogens with zero attached hydrogens (tertiary/aromatic N) is 4. The Hall–Kier alpha value is -2.18. The summed E-state index contributed by atoms with van der Waals surface area (Å²) in [5, 5.41) is 0. The molecule has 2 aliphatic heterocycles. The summed E-state index contributed by atoms with van der Waals surface area (Å²) < 4.78 is 7.19. The number of amidine groups is 1. The number of hydrogen-bond donors (Lipinski definition) is 0. The van der Waals surface area contributed by atoms with E-state index in [-0.39, 0.29) is 11.9 Å².